The lowest BCUT2D eigenvalue weighted by molar-refractivity contribution is 0.0780. The molecule has 1 heterocycles. The molecule has 0 aromatic heterocycles. The van der Waals surface area contributed by atoms with Gasteiger partial charge >= 0.3 is 0 Å². The summed E-state index contributed by atoms with van der Waals surface area (Å²) < 4.78 is 26.3. The Bertz CT molecular complexity index is 490. The van der Waals surface area contributed by atoms with Crippen molar-refractivity contribution in [2.75, 3.05) is 23.4 Å². The third-order valence-electron chi connectivity index (χ3n) is 2.82. The molecule has 0 aliphatic carbocycles. The highest BCUT2D eigenvalue weighted by Gasteiger charge is 2.31. The lowest BCUT2D eigenvalue weighted by Crippen LogP contribution is -2.34. The molecular formula is C12H15F2N3OS. The van der Waals surface area contributed by atoms with Crippen molar-refractivity contribution in [2.45, 2.75) is 12.0 Å². The molecule has 104 valence electrons. The Morgan fingerprint density at radius 1 is 1.53 bits per heavy atom. The lowest BCUT2D eigenvalue weighted by atomic mass is 10.1. The molecule has 1 atom stereocenters. The molecule has 1 saturated heterocycles. The van der Waals surface area contributed by atoms with Gasteiger partial charge in [0.2, 0.25) is 0 Å². The predicted octanol–water partition coefficient (Wildman–Crippen LogP) is 1.56. The van der Waals surface area contributed by atoms with Crippen LogP contribution < -0.4 is 11.1 Å². The molecule has 0 amide bonds. The van der Waals surface area contributed by atoms with Crippen molar-refractivity contribution < 1.29 is 13.9 Å². The van der Waals surface area contributed by atoms with Gasteiger partial charge in [0, 0.05) is 11.8 Å². The Morgan fingerprint density at radius 3 is 3.00 bits per heavy atom. The molecule has 4 N–H and O–H groups in total. The smallest absolute Gasteiger partial charge is 0.193 e. The molecule has 2 rings (SSSR count). The number of nitrogens with zero attached hydrogens (tertiary/aromatic N) is 1. The summed E-state index contributed by atoms with van der Waals surface area (Å²) in [5.74, 6) is 0.266. The number of aliphatic hydroxyl groups is 1. The fourth-order valence-electron chi connectivity index (χ4n) is 1.72. The zero-order valence-corrected chi connectivity index (χ0v) is 11.0. The maximum atomic E-state index is 13.4. The van der Waals surface area contributed by atoms with Crippen LogP contribution in [0.15, 0.2) is 23.2 Å². The van der Waals surface area contributed by atoms with Gasteiger partial charge in [0.15, 0.2) is 5.96 Å². The Labute approximate surface area is 114 Å². The van der Waals surface area contributed by atoms with E-state index in [2.05, 4.69) is 10.3 Å². The fraction of sp³-hybridized carbons (Fsp3) is 0.417. The van der Waals surface area contributed by atoms with Crippen molar-refractivity contribution >= 4 is 23.4 Å². The number of nitrogens with two attached hydrogens (primary N) is 1. The number of thioether (sulfide) groups is 1. The van der Waals surface area contributed by atoms with Gasteiger partial charge in [-0.05, 0) is 24.3 Å². The van der Waals surface area contributed by atoms with Crippen molar-refractivity contribution in [1.29, 1.82) is 0 Å². The highest BCUT2D eigenvalue weighted by atomic mass is 32.2. The SMILES string of the molecule is NC(=NCC1(O)CCSC1)Nc1cc(F)ccc1F. The highest BCUT2D eigenvalue weighted by molar-refractivity contribution is 7.99. The van der Waals surface area contributed by atoms with E-state index in [-0.39, 0.29) is 18.2 Å². The van der Waals surface area contributed by atoms with Gasteiger partial charge in [-0.15, -0.1) is 0 Å². The molecule has 7 heteroatoms. The second kappa shape index (κ2) is 5.75. The lowest BCUT2D eigenvalue weighted by Gasteiger charge is -2.18. The maximum absolute atomic E-state index is 13.4. The van der Waals surface area contributed by atoms with Crippen LogP contribution in [0, 0.1) is 11.6 Å². The molecule has 1 aliphatic heterocycles. The molecule has 0 radical (unpaired) electrons. The summed E-state index contributed by atoms with van der Waals surface area (Å²) in [6.45, 7) is 0.149. The number of hydrogen-bond donors (Lipinski definition) is 3. The second-order valence-corrected chi connectivity index (χ2v) is 5.58. The fourth-order valence-corrected chi connectivity index (χ4v) is 3.01. The summed E-state index contributed by atoms with van der Waals surface area (Å²) in [6, 6.07) is 3.02. The quantitative estimate of drug-likeness (QED) is 0.583. The normalized spacial score (nSPS) is 23.6. The summed E-state index contributed by atoms with van der Waals surface area (Å²) in [4.78, 5) is 3.97. The number of guanidine groups is 1. The van der Waals surface area contributed by atoms with E-state index >= 15 is 0 Å². The zero-order chi connectivity index (χ0) is 13.9. The van der Waals surface area contributed by atoms with Crippen LogP contribution in [0.1, 0.15) is 6.42 Å². The minimum atomic E-state index is -0.850. The van der Waals surface area contributed by atoms with Crippen molar-refractivity contribution in [2.24, 2.45) is 10.7 Å². The average Bonchev–Trinajstić information content (AvgIpc) is 2.79. The highest BCUT2D eigenvalue weighted by Crippen LogP contribution is 2.27. The van der Waals surface area contributed by atoms with Crippen LogP contribution >= 0.6 is 11.8 Å². The number of aliphatic imine (C=N–C) groups is 1. The van der Waals surface area contributed by atoms with E-state index in [0.29, 0.717) is 12.2 Å². The third-order valence-corrected chi connectivity index (χ3v) is 4.05. The van der Waals surface area contributed by atoms with Crippen molar-refractivity contribution in [3.05, 3.63) is 29.8 Å². The summed E-state index contributed by atoms with van der Waals surface area (Å²) in [5, 5.41) is 12.5. The minimum absolute atomic E-state index is 0.0465. The van der Waals surface area contributed by atoms with Gasteiger partial charge in [-0.25, -0.2) is 8.78 Å². The number of halogens is 2. The van der Waals surface area contributed by atoms with Crippen LogP contribution in [-0.4, -0.2) is 34.7 Å². The molecule has 19 heavy (non-hydrogen) atoms. The number of rotatable bonds is 3. The maximum Gasteiger partial charge on any atom is 0.193 e. The summed E-state index contributed by atoms with van der Waals surface area (Å²) in [7, 11) is 0. The molecular weight excluding hydrogens is 272 g/mol. The minimum Gasteiger partial charge on any atom is -0.387 e. The summed E-state index contributed by atoms with van der Waals surface area (Å²) in [6.07, 6.45) is 0.656. The van der Waals surface area contributed by atoms with E-state index in [1.807, 2.05) is 0 Å². The van der Waals surface area contributed by atoms with E-state index in [4.69, 9.17) is 5.73 Å². The van der Waals surface area contributed by atoms with E-state index in [9.17, 15) is 13.9 Å². The van der Waals surface area contributed by atoms with E-state index in [1.54, 1.807) is 11.8 Å². The number of nitrogens with one attached hydrogen (secondary N) is 1. The third kappa shape index (κ3) is 3.81. The monoisotopic (exact) mass is 287 g/mol. The van der Waals surface area contributed by atoms with Gasteiger partial charge in [-0.3, -0.25) is 4.99 Å². The first-order chi connectivity index (χ1) is 8.98. The van der Waals surface area contributed by atoms with Crippen molar-refractivity contribution in [1.82, 2.24) is 0 Å². The standard InChI is InChI=1S/C12H15F2N3OS/c13-8-1-2-9(14)10(5-8)17-11(15)16-6-12(18)3-4-19-7-12/h1-2,5,18H,3-4,6-7H2,(H3,15,16,17). The number of benzene rings is 1. The first-order valence-electron chi connectivity index (χ1n) is 5.81. The van der Waals surface area contributed by atoms with Gasteiger partial charge in [0.05, 0.1) is 17.8 Å². The van der Waals surface area contributed by atoms with Gasteiger partial charge < -0.3 is 16.2 Å². The molecule has 0 saturated carbocycles. The largest absolute Gasteiger partial charge is 0.387 e. The zero-order valence-electron chi connectivity index (χ0n) is 10.2. The van der Waals surface area contributed by atoms with E-state index in [0.717, 1.165) is 24.0 Å². The van der Waals surface area contributed by atoms with Crippen LogP contribution in [0.3, 0.4) is 0 Å². The molecule has 1 aromatic carbocycles. The van der Waals surface area contributed by atoms with Crippen LogP contribution in [0.5, 0.6) is 0 Å². The van der Waals surface area contributed by atoms with Crippen LogP contribution in [-0.2, 0) is 0 Å². The molecule has 1 fully saturated rings. The summed E-state index contributed by atoms with van der Waals surface area (Å²) in [5.41, 5.74) is 4.67. The molecule has 0 bridgehead atoms. The first kappa shape index (κ1) is 14.1. The van der Waals surface area contributed by atoms with Crippen molar-refractivity contribution in [3.8, 4) is 0 Å². The molecule has 4 nitrogen and oxygen atoms in total. The van der Waals surface area contributed by atoms with Crippen LogP contribution in [0.4, 0.5) is 14.5 Å². The van der Waals surface area contributed by atoms with Gasteiger partial charge in [-0.2, -0.15) is 11.8 Å². The van der Waals surface area contributed by atoms with Gasteiger partial charge in [0.25, 0.3) is 0 Å². The van der Waals surface area contributed by atoms with E-state index in [1.165, 1.54) is 0 Å². The topological polar surface area (TPSA) is 70.6 Å². The van der Waals surface area contributed by atoms with Crippen molar-refractivity contribution in [3.63, 3.8) is 0 Å². The van der Waals surface area contributed by atoms with Gasteiger partial charge in [-0.1, -0.05) is 0 Å². The Balaban J connectivity index is 2.00. The molecule has 0 spiro atoms. The van der Waals surface area contributed by atoms with Gasteiger partial charge in [0.1, 0.15) is 11.6 Å². The van der Waals surface area contributed by atoms with Crippen LogP contribution in [0.25, 0.3) is 0 Å². The van der Waals surface area contributed by atoms with E-state index < -0.39 is 17.2 Å². The first-order valence-corrected chi connectivity index (χ1v) is 6.96. The average molecular weight is 287 g/mol. The number of hydrogen-bond acceptors (Lipinski definition) is 3. The predicted molar refractivity (Wildman–Crippen MR) is 73.4 cm³/mol. The Morgan fingerprint density at radius 2 is 2.32 bits per heavy atom. The number of anilines is 1. The molecule has 1 unspecified atom stereocenters. The van der Waals surface area contributed by atoms with Crippen LogP contribution in [0.2, 0.25) is 0 Å². The summed E-state index contributed by atoms with van der Waals surface area (Å²) >= 11 is 1.65. The molecule has 1 aromatic rings. The second-order valence-electron chi connectivity index (χ2n) is 4.48. The Kier molecular flexibility index (Phi) is 4.26. The Hall–Kier alpha value is -1.34. The molecule has 1 aliphatic rings.